The van der Waals surface area contributed by atoms with E-state index in [-0.39, 0.29) is 11.2 Å². The molecule has 0 bridgehead atoms. The lowest BCUT2D eigenvalue weighted by Gasteiger charge is -2.10. The summed E-state index contributed by atoms with van der Waals surface area (Å²) in [6.07, 6.45) is 0. The Morgan fingerprint density at radius 3 is 2.67 bits per heavy atom. The third-order valence-corrected chi connectivity index (χ3v) is 4.98. The minimum atomic E-state index is -0.201. The van der Waals surface area contributed by atoms with Crippen LogP contribution in [0.3, 0.4) is 0 Å². The van der Waals surface area contributed by atoms with Gasteiger partial charge in [0.2, 0.25) is 11.0 Å². The minimum absolute atomic E-state index is 0.00165. The van der Waals surface area contributed by atoms with Crippen LogP contribution in [0.25, 0.3) is 0 Å². The number of rotatable bonds is 6. The maximum Gasteiger partial charge on any atom is 0.233 e. The van der Waals surface area contributed by atoms with E-state index in [0.717, 1.165) is 15.0 Å². The molecule has 2 rings (SSSR count). The van der Waals surface area contributed by atoms with E-state index in [1.165, 1.54) is 28.7 Å². The van der Waals surface area contributed by atoms with Crippen molar-refractivity contribution < 1.29 is 4.79 Å². The fourth-order valence-electron chi connectivity index (χ4n) is 1.60. The maximum absolute atomic E-state index is 12.1. The molecule has 0 fully saturated rings. The zero-order valence-corrected chi connectivity index (χ0v) is 13.8. The first-order valence-corrected chi connectivity index (χ1v) is 8.29. The number of nitrogens with one attached hydrogen (secondary N) is 2. The van der Waals surface area contributed by atoms with Gasteiger partial charge in [0.25, 0.3) is 0 Å². The van der Waals surface area contributed by atoms with Crippen LogP contribution in [0.15, 0.2) is 28.6 Å². The van der Waals surface area contributed by atoms with E-state index in [2.05, 4.69) is 20.8 Å². The first-order valence-electron chi connectivity index (χ1n) is 6.59. The zero-order valence-electron chi connectivity index (χ0n) is 12.2. The SMILES string of the molecule is CNc1nnc(S[C@H](C)C(=O)NCc2ccc(C)cc2)s1. The van der Waals surface area contributed by atoms with Crippen molar-refractivity contribution in [2.24, 2.45) is 0 Å². The standard InChI is InChI=1S/C14H18N4OS2/c1-9-4-6-11(7-5-9)8-16-12(19)10(2)20-14-18-17-13(15-3)21-14/h4-7,10H,8H2,1-3H3,(H,15,17)(H,16,19)/t10-/m1/s1. The van der Waals surface area contributed by atoms with Crippen LogP contribution in [0.5, 0.6) is 0 Å². The highest BCUT2D eigenvalue weighted by molar-refractivity contribution is 8.02. The lowest BCUT2D eigenvalue weighted by molar-refractivity contribution is -0.120. The summed E-state index contributed by atoms with van der Waals surface area (Å²) < 4.78 is 0.789. The summed E-state index contributed by atoms with van der Waals surface area (Å²) >= 11 is 2.86. The molecule has 1 aromatic carbocycles. The van der Waals surface area contributed by atoms with Gasteiger partial charge in [-0.1, -0.05) is 52.9 Å². The Labute approximate surface area is 132 Å². The number of nitrogens with zero attached hydrogens (tertiary/aromatic N) is 2. The molecule has 1 amide bonds. The van der Waals surface area contributed by atoms with Crippen LogP contribution in [0, 0.1) is 6.92 Å². The van der Waals surface area contributed by atoms with Gasteiger partial charge in [0.15, 0.2) is 4.34 Å². The lowest BCUT2D eigenvalue weighted by Crippen LogP contribution is -2.30. The first-order chi connectivity index (χ1) is 10.1. The Bertz CT molecular complexity index is 597. The molecule has 21 heavy (non-hydrogen) atoms. The van der Waals surface area contributed by atoms with Crippen molar-refractivity contribution in [3.63, 3.8) is 0 Å². The third kappa shape index (κ3) is 4.71. The van der Waals surface area contributed by atoms with E-state index in [0.29, 0.717) is 6.54 Å². The molecule has 112 valence electrons. The summed E-state index contributed by atoms with van der Waals surface area (Å²) in [6, 6.07) is 8.13. The van der Waals surface area contributed by atoms with Crippen molar-refractivity contribution in [1.29, 1.82) is 0 Å². The number of hydrogen-bond acceptors (Lipinski definition) is 6. The van der Waals surface area contributed by atoms with E-state index in [1.54, 1.807) is 7.05 Å². The Balaban J connectivity index is 1.83. The van der Waals surface area contributed by atoms with Crippen molar-refractivity contribution in [1.82, 2.24) is 15.5 Å². The number of amides is 1. The van der Waals surface area contributed by atoms with E-state index in [1.807, 2.05) is 38.1 Å². The Kier molecular flexibility index (Phi) is 5.58. The second kappa shape index (κ2) is 7.42. The van der Waals surface area contributed by atoms with E-state index >= 15 is 0 Å². The van der Waals surface area contributed by atoms with Crippen LogP contribution >= 0.6 is 23.1 Å². The molecule has 0 saturated carbocycles. The fraction of sp³-hybridized carbons (Fsp3) is 0.357. The molecule has 0 unspecified atom stereocenters. The monoisotopic (exact) mass is 322 g/mol. The summed E-state index contributed by atoms with van der Waals surface area (Å²) in [4.78, 5) is 12.1. The van der Waals surface area contributed by atoms with Crippen LogP contribution in [0.2, 0.25) is 0 Å². The number of carbonyl (C=O) groups is 1. The van der Waals surface area contributed by atoms with Gasteiger partial charge in [-0.15, -0.1) is 10.2 Å². The molecular formula is C14H18N4OS2. The molecule has 0 saturated heterocycles. The quantitative estimate of drug-likeness (QED) is 0.801. The third-order valence-electron chi connectivity index (χ3n) is 2.85. The molecule has 2 N–H and O–H groups in total. The molecule has 1 aromatic heterocycles. The van der Waals surface area contributed by atoms with Crippen molar-refractivity contribution >= 4 is 34.1 Å². The number of hydrogen-bond donors (Lipinski definition) is 2. The first kappa shape index (κ1) is 15.8. The molecule has 1 heterocycles. The van der Waals surface area contributed by atoms with Crippen LogP contribution in [0.4, 0.5) is 5.13 Å². The molecule has 7 heteroatoms. The van der Waals surface area contributed by atoms with Crippen LogP contribution in [-0.4, -0.2) is 28.4 Å². The van der Waals surface area contributed by atoms with E-state index in [9.17, 15) is 4.79 Å². The van der Waals surface area contributed by atoms with Gasteiger partial charge >= 0.3 is 0 Å². The number of aromatic nitrogens is 2. The van der Waals surface area contributed by atoms with Crippen molar-refractivity contribution in [2.45, 2.75) is 30.0 Å². The number of anilines is 1. The van der Waals surface area contributed by atoms with Crippen LogP contribution in [0.1, 0.15) is 18.1 Å². The minimum Gasteiger partial charge on any atom is -0.363 e. The molecule has 0 spiro atoms. The van der Waals surface area contributed by atoms with Gasteiger partial charge in [0.05, 0.1) is 5.25 Å². The van der Waals surface area contributed by atoms with E-state index in [4.69, 9.17) is 0 Å². The Morgan fingerprint density at radius 2 is 2.05 bits per heavy atom. The predicted molar refractivity (Wildman–Crippen MR) is 87.8 cm³/mol. The molecule has 0 radical (unpaired) electrons. The Morgan fingerprint density at radius 1 is 1.33 bits per heavy atom. The van der Waals surface area contributed by atoms with Crippen molar-refractivity contribution in [2.75, 3.05) is 12.4 Å². The highest BCUT2D eigenvalue weighted by Crippen LogP contribution is 2.28. The van der Waals surface area contributed by atoms with Crippen molar-refractivity contribution in [3.05, 3.63) is 35.4 Å². The topological polar surface area (TPSA) is 66.9 Å². The molecule has 0 aliphatic carbocycles. The second-order valence-electron chi connectivity index (χ2n) is 4.59. The molecule has 1 atom stereocenters. The van der Waals surface area contributed by atoms with Gasteiger partial charge in [0, 0.05) is 13.6 Å². The fourth-order valence-corrected chi connectivity index (χ4v) is 3.48. The summed E-state index contributed by atoms with van der Waals surface area (Å²) in [5, 5.41) is 14.4. The van der Waals surface area contributed by atoms with E-state index < -0.39 is 0 Å². The predicted octanol–water partition coefficient (Wildman–Crippen LogP) is 2.69. The Hall–Kier alpha value is -1.60. The molecule has 0 aliphatic rings. The number of aryl methyl sites for hydroxylation is 1. The van der Waals surface area contributed by atoms with Gasteiger partial charge in [-0.05, 0) is 19.4 Å². The highest BCUT2D eigenvalue weighted by atomic mass is 32.2. The summed E-state index contributed by atoms with van der Waals surface area (Å²) in [5.74, 6) is 0.00165. The van der Waals surface area contributed by atoms with Crippen molar-refractivity contribution in [3.8, 4) is 0 Å². The van der Waals surface area contributed by atoms with Gasteiger partial charge in [-0.25, -0.2) is 0 Å². The summed E-state index contributed by atoms with van der Waals surface area (Å²) in [7, 11) is 1.80. The number of thioether (sulfide) groups is 1. The summed E-state index contributed by atoms with van der Waals surface area (Å²) in [5.41, 5.74) is 2.31. The smallest absolute Gasteiger partial charge is 0.233 e. The summed E-state index contributed by atoms with van der Waals surface area (Å²) in [6.45, 7) is 4.46. The molecule has 5 nitrogen and oxygen atoms in total. The lowest BCUT2D eigenvalue weighted by atomic mass is 10.1. The van der Waals surface area contributed by atoms with Gasteiger partial charge in [-0.3, -0.25) is 4.79 Å². The molecule has 2 aromatic rings. The largest absolute Gasteiger partial charge is 0.363 e. The van der Waals surface area contributed by atoms with Crippen LogP contribution in [-0.2, 0) is 11.3 Å². The average molecular weight is 322 g/mol. The zero-order chi connectivity index (χ0) is 15.2. The van der Waals surface area contributed by atoms with Crippen LogP contribution < -0.4 is 10.6 Å². The average Bonchev–Trinajstić information content (AvgIpc) is 2.94. The van der Waals surface area contributed by atoms with Gasteiger partial charge in [-0.2, -0.15) is 0 Å². The molecular weight excluding hydrogens is 304 g/mol. The highest BCUT2D eigenvalue weighted by Gasteiger charge is 2.16. The van der Waals surface area contributed by atoms with Gasteiger partial charge < -0.3 is 10.6 Å². The molecule has 0 aliphatic heterocycles. The maximum atomic E-state index is 12.1. The second-order valence-corrected chi connectivity index (χ2v) is 7.15. The normalized spacial score (nSPS) is 12.0. The van der Waals surface area contributed by atoms with Gasteiger partial charge in [0.1, 0.15) is 0 Å². The number of benzene rings is 1. The number of carbonyl (C=O) groups excluding carboxylic acids is 1.